The average molecular weight is 291 g/mol. The molecule has 1 unspecified atom stereocenters. The van der Waals surface area contributed by atoms with Crippen molar-refractivity contribution >= 4 is 23.4 Å². The first-order valence-electron chi connectivity index (χ1n) is 6.24. The summed E-state index contributed by atoms with van der Waals surface area (Å²) in [5, 5.41) is 12.4. The third-order valence-corrected chi connectivity index (χ3v) is 3.52. The van der Waals surface area contributed by atoms with E-state index >= 15 is 0 Å². The van der Waals surface area contributed by atoms with Gasteiger partial charge in [0.05, 0.1) is 5.75 Å². The summed E-state index contributed by atoms with van der Waals surface area (Å²) in [5.41, 5.74) is 1.79. The van der Waals surface area contributed by atoms with Crippen LogP contribution < -0.4 is 5.32 Å². The Bertz CT molecular complexity index is 594. The minimum absolute atomic E-state index is 0.421. The van der Waals surface area contributed by atoms with E-state index in [1.165, 1.54) is 0 Å². The number of hydrogen-bond acceptors (Lipinski definition) is 4. The van der Waals surface area contributed by atoms with Crippen molar-refractivity contribution in [1.29, 1.82) is 0 Å². The van der Waals surface area contributed by atoms with Gasteiger partial charge in [0.15, 0.2) is 6.04 Å². The highest BCUT2D eigenvalue weighted by atomic mass is 32.2. The van der Waals surface area contributed by atoms with Gasteiger partial charge in [-0.1, -0.05) is 18.2 Å². The summed E-state index contributed by atoms with van der Waals surface area (Å²) >= 11 is 1.63. The number of rotatable bonds is 6. The molecule has 5 heteroatoms. The SMILES string of the molecule is CSCc1ccc(C(Nc2ccccc2C)C(=O)O)o1. The lowest BCUT2D eigenvalue weighted by atomic mass is 10.1. The van der Waals surface area contributed by atoms with Crippen molar-refractivity contribution in [3.05, 3.63) is 53.5 Å². The van der Waals surface area contributed by atoms with Crippen molar-refractivity contribution in [2.75, 3.05) is 11.6 Å². The Morgan fingerprint density at radius 3 is 2.75 bits per heavy atom. The predicted molar refractivity (Wildman–Crippen MR) is 81.1 cm³/mol. The van der Waals surface area contributed by atoms with Crippen molar-refractivity contribution in [3.63, 3.8) is 0 Å². The third-order valence-electron chi connectivity index (χ3n) is 2.95. The molecule has 1 atom stereocenters. The molecule has 1 heterocycles. The molecule has 0 radical (unpaired) electrons. The Morgan fingerprint density at radius 2 is 2.10 bits per heavy atom. The molecule has 2 aromatic rings. The maximum absolute atomic E-state index is 11.5. The molecule has 106 valence electrons. The maximum Gasteiger partial charge on any atom is 0.334 e. The summed E-state index contributed by atoms with van der Waals surface area (Å²) in [5.74, 6) is 0.977. The zero-order chi connectivity index (χ0) is 14.5. The van der Waals surface area contributed by atoms with Gasteiger partial charge >= 0.3 is 5.97 Å². The highest BCUT2D eigenvalue weighted by Crippen LogP contribution is 2.25. The number of nitrogens with one attached hydrogen (secondary N) is 1. The van der Waals surface area contributed by atoms with E-state index in [2.05, 4.69) is 5.32 Å². The molecule has 0 aliphatic carbocycles. The summed E-state index contributed by atoms with van der Waals surface area (Å²) in [4.78, 5) is 11.5. The average Bonchev–Trinajstić information content (AvgIpc) is 2.86. The minimum atomic E-state index is -0.960. The number of carboxylic acid groups (broad SMARTS) is 1. The number of carboxylic acids is 1. The fourth-order valence-corrected chi connectivity index (χ4v) is 2.35. The van der Waals surface area contributed by atoms with Crippen LogP contribution in [0, 0.1) is 6.92 Å². The first-order chi connectivity index (χ1) is 9.61. The van der Waals surface area contributed by atoms with Gasteiger partial charge in [-0.2, -0.15) is 11.8 Å². The van der Waals surface area contributed by atoms with Crippen LogP contribution in [0.5, 0.6) is 0 Å². The predicted octanol–water partition coefficient (Wildman–Crippen LogP) is 3.69. The molecule has 0 spiro atoms. The molecule has 2 rings (SSSR count). The highest BCUT2D eigenvalue weighted by molar-refractivity contribution is 7.97. The number of para-hydroxylation sites is 1. The molecule has 0 saturated heterocycles. The minimum Gasteiger partial charge on any atom is -0.479 e. The van der Waals surface area contributed by atoms with Crippen LogP contribution in [0.25, 0.3) is 0 Å². The van der Waals surface area contributed by atoms with E-state index in [4.69, 9.17) is 4.42 Å². The number of anilines is 1. The maximum atomic E-state index is 11.5. The van der Waals surface area contributed by atoms with Gasteiger partial charge in [0.2, 0.25) is 0 Å². The van der Waals surface area contributed by atoms with Gasteiger partial charge in [0.25, 0.3) is 0 Å². The summed E-state index contributed by atoms with van der Waals surface area (Å²) in [7, 11) is 0. The molecule has 20 heavy (non-hydrogen) atoms. The second-order valence-corrected chi connectivity index (χ2v) is 5.33. The number of furan rings is 1. The zero-order valence-electron chi connectivity index (χ0n) is 11.4. The number of aryl methyl sites for hydroxylation is 1. The second-order valence-electron chi connectivity index (χ2n) is 4.47. The molecule has 0 saturated carbocycles. The molecular weight excluding hydrogens is 274 g/mol. The van der Waals surface area contributed by atoms with Gasteiger partial charge in [0.1, 0.15) is 11.5 Å². The first-order valence-corrected chi connectivity index (χ1v) is 7.63. The molecule has 0 aliphatic rings. The molecule has 0 aliphatic heterocycles. The molecule has 2 N–H and O–H groups in total. The summed E-state index contributed by atoms with van der Waals surface area (Å²) in [6.07, 6.45) is 1.97. The second kappa shape index (κ2) is 6.52. The van der Waals surface area contributed by atoms with Crippen LogP contribution >= 0.6 is 11.8 Å². The van der Waals surface area contributed by atoms with Gasteiger partial charge in [0, 0.05) is 5.69 Å². The van der Waals surface area contributed by atoms with Gasteiger partial charge < -0.3 is 14.8 Å². The van der Waals surface area contributed by atoms with Gasteiger partial charge in [-0.05, 0) is 36.9 Å². The topological polar surface area (TPSA) is 62.5 Å². The van der Waals surface area contributed by atoms with Crippen LogP contribution in [0.15, 0.2) is 40.8 Å². The number of aliphatic carboxylic acids is 1. The van der Waals surface area contributed by atoms with Crippen molar-refractivity contribution in [2.24, 2.45) is 0 Å². The Morgan fingerprint density at radius 1 is 1.35 bits per heavy atom. The van der Waals surface area contributed by atoms with Crippen LogP contribution in [0.3, 0.4) is 0 Å². The molecule has 1 aromatic heterocycles. The largest absolute Gasteiger partial charge is 0.479 e. The van der Waals surface area contributed by atoms with Crippen molar-refractivity contribution in [2.45, 2.75) is 18.7 Å². The van der Waals surface area contributed by atoms with Crippen LogP contribution in [-0.4, -0.2) is 17.3 Å². The summed E-state index contributed by atoms with van der Waals surface area (Å²) < 4.78 is 5.60. The fourth-order valence-electron chi connectivity index (χ4n) is 1.91. The van der Waals surface area contributed by atoms with E-state index in [9.17, 15) is 9.90 Å². The summed E-state index contributed by atoms with van der Waals surface area (Å²) in [6.45, 7) is 1.93. The lowest BCUT2D eigenvalue weighted by molar-refractivity contribution is -0.138. The third kappa shape index (κ3) is 3.36. The van der Waals surface area contributed by atoms with Crippen molar-refractivity contribution < 1.29 is 14.3 Å². The molecule has 0 amide bonds. The van der Waals surface area contributed by atoms with E-state index in [-0.39, 0.29) is 0 Å². The van der Waals surface area contributed by atoms with E-state index in [1.807, 2.05) is 43.5 Å². The molecule has 0 bridgehead atoms. The molecule has 1 aromatic carbocycles. The van der Waals surface area contributed by atoms with E-state index in [0.29, 0.717) is 5.76 Å². The van der Waals surface area contributed by atoms with Crippen LogP contribution in [0.1, 0.15) is 23.1 Å². The van der Waals surface area contributed by atoms with Gasteiger partial charge in [-0.25, -0.2) is 4.79 Å². The molecule has 0 fully saturated rings. The van der Waals surface area contributed by atoms with E-state index in [1.54, 1.807) is 17.8 Å². The van der Waals surface area contributed by atoms with Gasteiger partial charge in [-0.15, -0.1) is 0 Å². The van der Waals surface area contributed by atoms with Crippen LogP contribution in [0.2, 0.25) is 0 Å². The first kappa shape index (κ1) is 14.5. The summed E-state index contributed by atoms with van der Waals surface area (Å²) in [6, 6.07) is 10.2. The molecular formula is C15H17NO3S. The lowest BCUT2D eigenvalue weighted by Gasteiger charge is -2.15. The Hall–Kier alpha value is -1.88. The fraction of sp³-hybridized carbons (Fsp3) is 0.267. The highest BCUT2D eigenvalue weighted by Gasteiger charge is 2.23. The van der Waals surface area contributed by atoms with E-state index < -0.39 is 12.0 Å². The van der Waals surface area contributed by atoms with Crippen LogP contribution in [-0.2, 0) is 10.5 Å². The van der Waals surface area contributed by atoms with E-state index in [0.717, 1.165) is 22.8 Å². The quantitative estimate of drug-likeness (QED) is 0.850. The van der Waals surface area contributed by atoms with Crippen LogP contribution in [0.4, 0.5) is 5.69 Å². The number of benzene rings is 1. The lowest BCUT2D eigenvalue weighted by Crippen LogP contribution is -2.20. The Kier molecular flexibility index (Phi) is 4.74. The number of carbonyl (C=O) groups is 1. The standard InChI is InChI=1S/C15H17NO3S/c1-10-5-3-4-6-12(10)16-14(15(17)18)13-8-7-11(19-13)9-20-2/h3-8,14,16H,9H2,1-2H3,(H,17,18). The van der Waals surface area contributed by atoms with Crippen molar-refractivity contribution in [1.82, 2.24) is 0 Å². The van der Waals surface area contributed by atoms with Gasteiger partial charge in [-0.3, -0.25) is 0 Å². The normalized spacial score (nSPS) is 12.1. The Balaban J connectivity index is 2.23. The number of hydrogen-bond donors (Lipinski definition) is 2. The smallest absolute Gasteiger partial charge is 0.334 e. The Labute approximate surface area is 122 Å². The number of thioether (sulfide) groups is 1. The zero-order valence-corrected chi connectivity index (χ0v) is 12.2. The van der Waals surface area contributed by atoms with Crippen molar-refractivity contribution in [3.8, 4) is 0 Å². The molecule has 4 nitrogen and oxygen atoms in total. The monoisotopic (exact) mass is 291 g/mol.